The highest BCUT2D eigenvalue weighted by Gasteiger charge is 2.31. The molecular formula is C8H6F3O. The zero-order valence-corrected chi connectivity index (χ0v) is 6.27. The van der Waals surface area contributed by atoms with Crippen molar-refractivity contribution in [3.63, 3.8) is 0 Å². The Kier molecular flexibility index (Phi) is 2.26. The van der Waals surface area contributed by atoms with Gasteiger partial charge in [-0.3, -0.25) is 0 Å². The van der Waals surface area contributed by atoms with Crippen LogP contribution in [0, 0.1) is 13.0 Å². The van der Waals surface area contributed by atoms with E-state index >= 15 is 0 Å². The molecule has 1 aromatic carbocycles. The van der Waals surface area contributed by atoms with Crippen LogP contribution in [-0.2, 0) is 0 Å². The van der Waals surface area contributed by atoms with Gasteiger partial charge in [0.2, 0.25) is 0 Å². The Morgan fingerprint density at radius 3 is 2.58 bits per heavy atom. The van der Waals surface area contributed by atoms with Gasteiger partial charge in [-0.1, -0.05) is 18.2 Å². The molecule has 0 aromatic heterocycles. The normalized spacial score (nSPS) is 11.3. The van der Waals surface area contributed by atoms with Crippen molar-refractivity contribution >= 4 is 0 Å². The molecule has 0 aliphatic rings. The molecule has 0 aliphatic heterocycles. The van der Waals surface area contributed by atoms with E-state index in [1.165, 1.54) is 19.1 Å². The molecule has 1 nitrogen and oxygen atoms in total. The molecule has 0 aliphatic carbocycles. The van der Waals surface area contributed by atoms with Gasteiger partial charge in [0.1, 0.15) is 5.75 Å². The summed E-state index contributed by atoms with van der Waals surface area (Å²) < 4.78 is 38.7. The highest BCUT2D eigenvalue weighted by atomic mass is 19.4. The van der Waals surface area contributed by atoms with E-state index in [-0.39, 0.29) is 5.75 Å². The van der Waals surface area contributed by atoms with Crippen molar-refractivity contribution < 1.29 is 17.9 Å². The Morgan fingerprint density at radius 1 is 1.42 bits per heavy atom. The number of hydrogen-bond acceptors (Lipinski definition) is 1. The first kappa shape index (κ1) is 8.90. The average molecular weight is 175 g/mol. The van der Waals surface area contributed by atoms with Crippen molar-refractivity contribution in [3.8, 4) is 5.75 Å². The second-order valence-corrected chi connectivity index (χ2v) is 2.23. The minimum Gasteiger partial charge on any atom is -0.405 e. The molecule has 0 saturated heterocycles. The molecule has 4 heteroatoms. The Balaban J connectivity index is 2.83. The van der Waals surface area contributed by atoms with Crippen LogP contribution in [0.25, 0.3) is 0 Å². The number of benzene rings is 1. The third-order valence-electron chi connectivity index (χ3n) is 1.23. The maximum Gasteiger partial charge on any atom is 0.573 e. The van der Waals surface area contributed by atoms with Gasteiger partial charge in [-0.05, 0) is 12.5 Å². The highest BCUT2D eigenvalue weighted by molar-refractivity contribution is 5.30. The molecule has 1 radical (unpaired) electrons. The minimum atomic E-state index is -4.64. The molecule has 1 aromatic rings. The summed E-state index contributed by atoms with van der Waals surface area (Å²) in [5.41, 5.74) is 0.412. The quantitative estimate of drug-likeness (QED) is 0.637. The molecule has 0 fully saturated rings. The van der Waals surface area contributed by atoms with Crippen LogP contribution in [0.3, 0.4) is 0 Å². The van der Waals surface area contributed by atoms with Crippen molar-refractivity contribution in [2.24, 2.45) is 0 Å². The molecule has 0 saturated carbocycles. The topological polar surface area (TPSA) is 9.23 Å². The van der Waals surface area contributed by atoms with E-state index < -0.39 is 6.36 Å². The number of aryl methyl sites for hydroxylation is 1. The van der Waals surface area contributed by atoms with E-state index in [4.69, 9.17) is 0 Å². The zero-order chi connectivity index (χ0) is 9.19. The summed E-state index contributed by atoms with van der Waals surface area (Å²) in [6.45, 7) is 1.53. The standard InChI is InChI=1S/C8H6F3O/c1-6-4-2-3-5-7(6)12-8(9,10)11/h2-4H,1H3. The summed E-state index contributed by atoms with van der Waals surface area (Å²) in [7, 11) is 0. The molecule has 1 rings (SSSR count). The van der Waals surface area contributed by atoms with Crippen LogP contribution in [0.1, 0.15) is 5.56 Å². The fourth-order valence-electron chi connectivity index (χ4n) is 0.731. The molecular weight excluding hydrogens is 169 g/mol. The summed E-state index contributed by atoms with van der Waals surface area (Å²) >= 11 is 0. The first-order chi connectivity index (χ1) is 5.49. The van der Waals surface area contributed by atoms with Crippen molar-refractivity contribution in [2.45, 2.75) is 13.3 Å². The highest BCUT2D eigenvalue weighted by Crippen LogP contribution is 2.24. The lowest BCUT2D eigenvalue weighted by atomic mass is 10.2. The monoisotopic (exact) mass is 175 g/mol. The molecule has 0 atom stereocenters. The van der Waals surface area contributed by atoms with Crippen LogP contribution in [0.5, 0.6) is 5.75 Å². The maximum absolute atomic E-state index is 11.7. The maximum atomic E-state index is 11.7. The molecule has 0 spiro atoms. The molecule has 12 heavy (non-hydrogen) atoms. The summed E-state index contributed by atoms with van der Waals surface area (Å²) in [4.78, 5) is 0. The molecule has 0 bridgehead atoms. The number of halogens is 3. The van der Waals surface area contributed by atoms with E-state index in [0.717, 1.165) is 0 Å². The van der Waals surface area contributed by atoms with Gasteiger partial charge in [-0.2, -0.15) is 0 Å². The first-order valence-corrected chi connectivity index (χ1v) is 3.22. The lowest BCUT2D eigenvalue weighted by Gasteiger charge is -2.09. The van der Waals surface area contributed by atoms with Gasteiger partial charge in [0.25, 0.3) is 0 Å². The number of ether oxygens (including phenoxy) is 1. The predicted octanol–water partition coefficient (Wildman–Crippen LogP) is 2.69. The van der Waals surface area contributed by atoms with Crippen molar-refractivity contribution in [3.05, 3.63) is 29.8 Å². The fraction of sp³-hybridized carbons (Fsp3) is 0.250. The van der Waals surface area contributed by atoms with Crippen LogP contribution in [-0.4, -0.2) is 6.36 Å². The number of rotatable bonds is 1. The van der Waals surface area contributed by atoms with Gasteiger partial charge in [0.15, 0.2) is 0 Å². The number of hydrogen-bond donors (Lipinski definition) is 0. The van der Waals surface area contributed by atoms with Crippen molar-refractivity contribution in [1.82, 2.24) is 0 Å². The predicted molar refractivity (Wildman–Crippen MR) is 36.7 cm³/mol. The Bertz CT molecular complexity index is 267. The minimum absolute atomic E-state index is 0.273. The van der Waals surface area contributed by atoms with E-state index in [9.17, 15) is 13.2 Å². The van der Waals surface area contributed by atoms with Crippen LogP contribution in [0.2, 0.25) is 0 Å². The van der Waals surface area contributed by atoms with Gasteiger partial charge in [0, 0.05) is 6.07 Å². The lowest BCUT2D eigenvalue weighted by Crippen LogP contribution is -2.17. The van der Waals surface area contributed by atoms with Gasteiger partial charge < -0.3 is 4.74 Å². The largest absolute Gasteiger partial charge is 0.573 e. The van der Waals surface area contributed by atoms with Crippen LogP contribution >= 0.6 is 0 Å². The second-order valence-electron chi connectivity index (χ2n) is 2.23. The van der Waals surface area contributed by atoms with E-state index in [0.29, 0.717) is 5.56 Å². The van der Waals surface area contributed by atoms with Gasteiger partial charge in [-0.15, -0.1) is 13.2 Å². The summed E-state index contributed by atoms with van der Waals surface area (Å²) in [6.07, 6.45) is -4.64. The van der Waals surface area contributed by atoms with Crippen LogP contribution < -0.4 is 4.74 Å². The van der Waals surface area contributed by atoms with E-state index in [1.54, 1.807) is 6.07 Å². The van der Waals surface area contributed by atoms with Crippen LogP contribution in [0.4, 0.5) is 13.2 Å². The van der Waals surface area contributed by atoms with E-state index in [1.807, 2.05) is 0 Å². The Morgan fingerprint density at radius 2 is 2.08 bits per heavy atom. The molecule has 65 valence electrons. The molecule has 0 unspecified atom stereocenters. The molecule has 0 heterocycles. The number of para-hydroxylation sites is 1. The van der Waals surface area contributed by atoms with E-state index in [2.05, 4.69) is 10.8 Å². The summed E-state index contributed by atoms with van der Waals surface area (Å²) in [6, 6.07) is 6.84. The Hall–Kier alpha value is -1.19. The SMILES string of the molecule is Cc1ccc[c]c1OC(F)(F)F. The Labute approximate surface area is 67.8 Å². The number of alkyl halides is 3. The fourth-order valence-corrected chi connectivity index (χ4v) is 0.731. The zero-order valence-electron chi connectivity index (χ0n) is 6.27. The smallest absolute Gasteiger partial charge is 0.405 e. The first-order valence-electron chi connectivity index (χ1n) is 3.22. The summed E-state index contributed by atoms with van der Waals surface area (Å²) in [5, 5.41) is 0. The van der Waals surface area contributed by atoms with Crippen molar-refractivity contribution in [2.75, 3.05) is 0 Å². The summed E-state index contributed by atoms with van der Waals surface area (Å²) in [5.74, 6) is -0.273. The molecule has 0 N–H and O–H groups in total. The third-order valence-corrected chi connectivity index (χ3v) is 1.23. The third kappa shape index (κ3) is 2.45. The van der Waals surface area contributed by atoms with Crippen LogP contribution in [0.15, 0.2) is 18.2 Å². The van der Waals surface area contributed by atoms with Gasteiger partial charge in [0.05, 0.1) is 0 Å². The average Bonchev–Trinajstić information content (AvgIpc) is 1.91. The lowest BCUT2D eigenvalue weighted by molar-refractivity contribution is -0.274. The molecule has 0 amide bonds. The van der Waals surface area contributed by atoms with Crippen molar-refractivity contribution in [1.29, 1.82) is 0 Å². The van der Waals surface area contributed by atoms with Gasteiger partial charge in [-0.25, -0.2) is 0 Å². The second kappa shape index (κ2) is 3.05. The van der Waals surface area contributed by atoms with Gasteiger partial charge >= 0.3 is 6.36 Å².